The van der Waals surface area contributed by atoms with Crippen LogP contribution in [0.2, 0.25) is 0 Å². The van der Waals surface area contributed by atoms with Crippen molar-refractivity contribution in [1.29, 1.82) is 0 Å². The molecule has 0 saturated heterocycles. The Balaban J connectivity index is 2.54. The van der Waals surface area contributed by atoms with Crippen LogP contribution in [0.3, 0.4) is 0 Å². The molecule has 1 aromatic rings. The van der Waals surface area contributed by atoms with Gasteiger partial charge in [0.15, 0.2) is 9.84 Å². The maximum Gasteiger partial charge on any atom is 0.312 e. The molecule has 0 spiro atoms. The third-order valence-corrected chi connectivity index (χ3v) is 6.26. The SMILES string of the molecule is CCS(=O)(=O)[C@@H]1[C@H](c2cccc(F)c2)[C@@]1(CN)C(=O)O. The minimum absolute atomic E-state index is 0.168. The van der Waals surface area contributed by atoms with Gasteiger partial charge >= 0.3 is 5.97 Å². The zero-order chi connectivity index (χ0) is 15.1. The first-order valence-electron chi connectivity index (χ1n) is 6.21. The molecule has 20 heavy (non-hydrogen) atoms. The van der Waals surface area contributed by atoms with E-state index < -0.39 is 38.2 Å². The summed E-state index contributed by atoms with van der Waals surface area (Å²) in [6.07, 6.45) is 0. The van der Waals surface area contributed by atoms with Crippen molar-refractivity contribution >= 4 is 15.8 Å². The monoisotopic (exact) mass is 301 g/mol. The van der Waals surface area contributed by atoms with E-state index in [0.717, 1.165) is 0 Å². The first-order chi connectivity index (χ1) is 9.31. The molecule has 0 bridgehead atoms. The molecule has 3 atom stereocenters. The van der Waals surface area contributed by atoms with Crippen molar-refractivity contribution in [1.82, 2.24) is 0 Å². The van der Waals surface area contributed by atoms with Gasteiger partial charge in [0.25, 0.3) is 0 Å². The van der Waals surface area contributed by atoms with Gasteiger partial charge in [0.05, 0.1) is 5.25 Å². The highest BCUT2D eigenvalue weighted by Crippen LogP contribution is 2.62. The number of aliphatic carboxylic acids is 1. The van der Waals surface area contributed by atoms with Crippen LogP contribution >= 0.6 is 0 Å². The highest BCUT2D eigenvalue weighted by molar-refractivity contribution is 7.92. The molecule has 0 amide bonds. The van der Waals surface area contributed by atoms with Gasteiger partial charge in [-0.1, -0.05) is 19.1 Å². The number of hydrogen-bond donors (Lipinski definition) is 2. The molecular weight excluding hydrogens is 285 g/mol. The predicted molar refractivity (Wildman–Crippen MR) is 71.5 cm³/mol. The van der Waals surface area contributed by atoms with Gasteiger partial charge in [0.1, 0.15) is 11.2 Å². The summed E-state index contributed by atoms with van der Waals surface area (Å²) in [6.45, 7) is 1.16. The van der Waals surface area contributed by atoms with Crippen molar-refractivity contribution in [2.24, 2.45) is 11.1 Å². The molecule has 1 aromatic carbocycles. The topological polar surface area (TPSA) is 97.5 Å². The van der Waals surface area contributed by atoms with Crippen LogP contribution in [-0.4, -0.2) is 37.0 Å². The summed E-state index contributed by atoms with van der Waals surface area (Å²) < 4.78 is 37.5. The molecule has 1 fully saturated rings. The molecule has 2 rings (SSSR count). The number of benzene rings is 1. The van der Waals surface area contributed by atoms with Crippen molar-refractivity contribution < 1.29 is 22.7 Å². The third kappa shape index (κ3) is 2.01. The van der Waals surface area contributed by atoms with E-state index in [1.807, 2.05) is 0 Å². The van der Waals surface area contributed by atoms with Gasteiger partial charge in [-0.05, 0) is 17.7 Å². The summed E-state index contributed by atoms with van der Waals surface area (Å²) in [6, 6.07) is 5.36. The van der Waals surface area contributed by atoms with Gasteiger partial charge < -0.3 is 10.8 Å². The van der Waals surface area contributed by atoms with Gasteiger partial charge in [-0.2, -0.15) is 0 Å². The first-order valence-corrected chi connectivity index (χ1v) is 7.93. The van der Waals surface area contributed by atoms with Crippen molar-refractivity contribution in [3.05, 3.63) is 35.6 Å². The second kappa shape index (κ2) is 4.82. The third-order valence-electron chi connectivity index (χ3n) is 3.99. The van der Waals surface area contributed by atoms with E-state index >= 15 is 0 Å². The zero-order valence-electron chi connectivity index (χ0n) is 10.9. The van der Waals surface area contributed by atoms with Crippen molar-refractivity contribution in [2.75, 3.05) is 12.3 Å². The highest BCUT2D eigenvalue weighted by atomic mass is 32.2. The molecule has 0 radical (unpaired) electrons. The Kier molecular flexibility index (Phi) is 3.60. The summed E-state index contributed by atoms with van der Waals surface area (Å²) >= 11 is 0. The summed E-state index contributed by atoms with van der Waals surface area (Å²) in [5.41, 5.74) is 4.35. The average Bonchev–Trinajstić information content (AvgIpc) is 3.10. The van der Waals surface area contributed by atoms with Crippen molar-refractivity contribution in [3.8, 4) is 0 Å². The Morgan fingerprint density at radius 2 is 2.15 bits per heavy atom. The number of carboxylic acid groups (broad SMARTS) is 1. The number of nitrogens with two attached hydrogens (primary N) is 1. The maximum absolute atomic E-state index is 13.3. The lowest BCUT2D eigenvalue weighted by Gasteiger charge is -2.09. The van der Waals surface area contributed by atoms with Crippen LogP contribution in [0.4, 0.5) is 4.39 Å². The van der Waals surface area contributed by atoms with Crippen LogP contribution < -0.4 is 5.73 Å². The molecule has 110 valence electrons. The standard InChI is InChI=1S/C13H16FNO4S/c1-2-20(18,19)11-10(13(11,7-15)12(16)17)8-4-3-5-9(14)6-8/h3-6,10-11H,2,7,15H2,1H3,(H,16,17)/t10-,11+,13+/m0/s1. The van der Waals surface area contributed by atoms with Crippen molar-refractivity contribution in [2.45, 2.75) is 18.1 Å². The average molecular weight is 301 g/mol. The van der Waals surface area contributed by atoms with Gasteiger partial charge in [-0.3, -0.25) is 4.79 Å². The largest absolute Gasteiger partial charge is 0.481 e. The summed E-state index contributed by atoms with van der Waals surface area (Å²) in [4.78, 5) is 11.5. The molecule has 1 saturated carbocycles. The second-order valence-electron chi connectivity index (χ2n) is 4.95. The summed E-state index contributed by atoms with van der Waals surface area (Å²) in [5, 5.41) is 8.30. The van der Waals surface area contributed by atoms with Gasteiger partial charge in [-0.25, -0.2) is 12.8 Å². The molecule has 1 aliphatic rings. The number of hydrogen-bond acceptors (Lipinski definition) is 4. The molecule has 1 aliphatic carbocycles. The number of carbonyl (C=O) groups is 1. The Morgan fingerprint density at radius 3 is 2.60 bits per heavy atom. The van der Waals surface area contributed by atoms with Crippen LogP contribution in [-0.2, 0) is 14.6 Å². The molecule has 0 unspecified atom stereocenters. The van der Waals surface area contributed by atoms with Crippen LogP contribution in [0.5, 0.6) is 0 Å². The van der Waals surface area contributed by atoms with Gasteiger partial charge in [0, 0.05) is 18.2 Å². The lowest BCUT2D eigenvalue weighted by atomic mass is 9.99. The van der Waals surface area contributed by atoms with E-state index in [4.69, 9.17) is 5.73 Å². The molecule has 0 aliphatic heterocycles. The van der Waals surface area contributed by atoms with E-state index in [0.29, 0.717) is 5.56 Å². The summed E-state index contributed by atoms with van der Waals surface area (Å²) in [7, 11) is -3.58. The Bertz CT molecular complexity index is 646. The lowest BCUT2D eigenvalue weighted by molar-refractivity contribution is -0.143. The van der Waals surface area contributed by atoms with E-state index in [9.17, 15) is 22.7 Å². The minimum Gasteiger partial charge on any atom is -0.481 e. The van der Waals surface area contributed by atoms with E-state index in [-0.39, 0.29) is 12.3 Å². The number of sulfone groups is 1. The Labute approximate surface area is 116 Å². The van der Waals surface area contributed by atoms with E-state index in [1.54, 1.807) is 0 Å². The molecular formula is C13H16FNO4S. The zero-order valence-corrected chi connectivity index (χ0v) is 11.7. The van der Waals surface area contributed by atoms with Crippen LogP contribution in [0, 0.1) is 11.2 Å². The quantitative estimate of drug-likeness (QED) is 0.836. The van der Waals surface area contributed by atoms with Gasteiger partial charge in [-0.15, -0.1) is 0 Å². The summed E-state index contributed by atoms with van der Waals surface area (Å²) in [5.74, 6) is -2.75. The fourth-order valence-electron chi connectivity index (χ4n) is 2.87. The van der Waals surface area contributed by atoms with E-state index in [2.05, 4.69) is 0 Å². The minimum atomic E-state index is -3.58. The van der Waals surface area contributed by atoms with Crippen LogP contribution in [0.15, 0.2) is 24.3 Å². The fraction of sp³-hybridized carbons (Fsp3) is 0.462. The normalized spacial score (nSPS) is 29.1. The molecule has 5 nitrogen and oxygen atoms in total. The van der Waals surface area contributed by atoms with E-state index in [1.165, 1.54) is 31.2 Å². The highest BCUT2D eigenvalue weighted by Gasteiger charge is 2.74. The number of rotatable bonds is 5. The molecule has 0 heterocycles. The number of halogens is 1. The van der Waals surface area contributed by atoms with Gasteiger partial charge in [0.2, 0.25) is 0 Å². The number of carboxylic acids is 1. The Morgan fingerprint density at radius 1 is 1.50 bits per heavy atom. The van der Waals surface area contributed by atoms with Crippen LogP contribution in [0.1, 0.15) is 18.4 Å². The first kappa shape index (κ1) is 14.9. The lowest BCUT2D eigenvalue weighted by Crippen LogP contribution is -2.32. The molecule has 3 N–H and O–H groups in total. The molecule has 7 heteroatoms. The van der Waals surface area contributed by atoms with Crippen molar-refractivity contribution in [3.63, 3.8) is 0 Å². The maximum atomic E-state index is 13.3. The fourth-order valence-corrected chi connectivity index (χ4v) is 4.95. The molecule has 0 aromatic heterocycles. The second-order valence-corrected chi connectivity index (χ2v) is 7.37. The smallest absolute Gasteiger partial charge is 0.312 e. The van der Waals surface area contributed by atoms with Crippen LogP contribution in [0.25, 0.3) is 0 Å². The Hall–Kier alpha value is -1.47. The predicted octanol–water partition coefficient (Wildman–Crippen LogP) is 0.756.